The summed E-state index contributed by atoms with van der Waals surface area (Å²) in [6, 6.07) is 10.3. The molecule has 0 fully saturated rings. The van der Waals surface area contributed by atoms with Gasteiger partial charge in [-0.3, -0.25) is 4.99 Å². The van der Waals surface area contributed by atoms with Crippen molar-refractivity contribution in [2.75, 3.05) is 11.9 Å². The van der Waals surface area contributed by atoms with Gasteiger partial charge in [-0.2, -0.15) is 0 Å². The number of anilines is 1. The lowest BCUT2D eigenvalue weighted by Gasteiger charge is -2.17. The molecule has 0 aliphatic carbocycles. The van der Waals surface area contributed by atoms with Gasteiger partial charge in [-0.1, -0.05) is 24.3 Å². The summed E-state index contributed by atoms with van der Waals surface area (Å²) in [4.78, 5) is 6.67. The molecular formula is C13H16N2. The molecule has 1 unspecified atom stereocenters. The lowest BCUT2D eigenvalue weighted by atomic mass is 10.1. The van der Waals surface area contributed by atoms with Gasteiger partial charge in [0.15, 0.2) is 0 Å². The van der Waals surface area contributed by atoms with Crippen molar-refractivity contribution in [1.29, 1.82) is 0 Å². The molecule has 2 nitrogen and oxygen atoms in total. The summed E-state index contributed by atoms with van der Waals surface area (Å²) in [6.45, 7) is 5.90. The summed E-state index contributed by atoms with van der Waals surface area (Å²) in [5, 5.41) is 0. The van der Waals surface area contributed by atoms with E-state index in [1.807, 2.05) is 24.3 Å². The van der Waals surface area contributed by atoms with E-state index in [0.29, 0.717) is 0 Å². The number of hydrogen-bond acceptors (Lipinski definition) is 2. The van der Waals surface area contributed by atoms with Gasteiger partial charge < -0.3 is 4.90 Å². The highest BCUT2D eigenvalue weighted by Crippen LogP contribution is 2.34. The molecule has 2 heteroatoms. The minimum absolute atomic E-state index is 0.00760. The van der Waals surface area contributed by atoms with E-state index in [9.17, 15) is 0 Å². The second kappa shape index (κ2) is 3.54. The molecule has 78 valence electrons. The van der Waals surface area contributed by atoms with Crippen LogP contribution in [0.4, 0.5) is 5.69 Å². The highest BCUT2D eigenvalue weighted by molar-refractivity contribution is 6.13. The van der Waals surface area contributed by atoms with Crippen molar-refractivity contribution in [2.24, 2.45) is 4.99 Å². The van der Waals surface area contributed by atoms with E-state index in [2.05, 4.69) is 42.6 Å². The Kier molecular flexibility index (Phi) is 2.35. The summed E-state index contributed by atoms with van der Waals surface area (Å²) in [5.74, 6) is 1.15. The van der Waals surface area contributed by atoms with Gasteiger partial charge in [0, 0.05) is 12.7 Å². The Morgan fingerprint density at radius 3 is 2.67 bits per heavy atom. The fourth-order valence-electron chi connectivity index (χ4n) is 1.83. The number of rotatable bonds is 3. The molecule has 1 aromatic rings. The first-order valence-electron chi connectivity index (χ1n) is 5.17. The molecule has 1 atom stereocenters. The fraction of sp³-hybridized carbons (Fsp3) is 0.308. The van der Waals surface area contributed by atoms with E-state index in [1.165, 1.54) is 5.69 Å². The summed E-state index contributed by atoms with van der Waals surface area (Å²) in [6.07, 6.45) is 2.84. The molecule has 0 aromatic heterocycles. The van der Waals surface area contributed by atoms with Crippen LogP contribution in [0.2, 0.25) is 0 Å². The van der Waals surface area contributed by atoms with Gasteiger partial charge in [0.2, 0.25) is 0 Å². The monoisotopic (exact) mass is 200 g/mol. The molecule has 1 aromatic carbocycles. The van der Waals surface area contributed by atoms with Gasteiger partial charge in [0.25, 0.3) is 0 Å². The predicted octanol–water partition coefficient (Wildman–Crippen LogP) is 2.87. The lowest BCUT2D eigenvalue weighted by Crippen LogP contribution is -2.28. The Hall–Kier alpha value is -1.57. The van der Waals surface area contributed by atoms with Crippen LogP contribution in [0.15, 0.2) is 48.0 Å². The molecule has 1 heterocycles. The first-order valence-corrected chi connectivity index (χ1v) is 5.17. The lowest BCUT2D eigenvalue weighted by molar-refractivity contribution is 0.740. The molecule has 1 aliphatic heterocycles. The maximum Gasteiger partial charge on any atom is 0.132 e. The predicted molar refractivity (Wildman–Crippen MR) is 65.5 cm³/mol. The van der Waals surface area contributed by atoms with E-state index in [4.69, 9.17) is 0 Å². The van der Waals surface area contributed by atoms with E-state index < -0.39 is 0 Å². The van der Waals surface area contributed by atoms with Crippen LogP contribution in [0.1, 0.15) is 13.3 Å². The number of benzene rings is 1. The van der Waals surface area contributed by atoms with Crippen molar-refractivity contribution in [3.8, 4) is 0 Å². The average Bonchev–Trinajstić information content (AvgIpc) is 2.91. The topological polar surface area (TPSA) is 15.6 Å². The Morgan fingerprint density at radius 1 is 1.40 bits per heavy atom. The van der Waals surface area contributed by atoms with Crippen LogP contribution in [0.3, 0.4) is 0 Å². The maximum absolute atomic E-state index is 4.52. The summed E-state index contributed by atoms with van der Waals surface area (Å²) in [5.41, 5.74) is 1.18. The average molecular weight is 200 g/mol. The van der Waals surface area contributed by atoms with Gasteiger partial charge in [-0.25, -0.2) is 0 Å². The van der Waals surface area contributed by atoms with Crippen molar-refractivity contribution in [3.63, 3.8) is 0 Å². The van der Waals surface area contributed by atoms with Crippen molar-refractivity contribution in [2.45, 2.75) is 18.9 Å². The fourth-order valence-corrected chi connectivity index (χ4v) is 1.83. The highest BCUT2D eigenvalue weighted by Gasteiger charge is 2.43. The molecule has 0 saturated carbocycles. The molecular weight excluding hydrogens is 184 g/mol. The Morgan fingerprint density at radius 2 is 2.07 bits per heavy atom. The van der Waals surface area contributed by atoms with Crippen LogP contribution in [-0.4, -0.2) is 18.4 Å². The first kappa shape index (κ1) is 9.97. The molecule has 0 saturated heterocycles. The Bertz CT molecular complexity index is 394. The normalized spacial score (nSPS) is 23.2. The van der Waals surface area contributed by atoms with Crippen molar-refractivity contribution < 1.29 is 0 Å². The minimum Gasteiger partial charge on any atom is -0.331 e. The SMILES string of the molecule is C=CCC1(C)N=C1N(C)c1ccccc1. The molecule has 2 rings (SSSR count). The third-order valence-electron chi connectivity index (χ3n) is 2.79. The van der Waals surface area contributed by atoms with Crippen LogP contribution in [0.25, 0.3) is 0 Å². The summed E-state index contributed by atoms with van der Waals surface area (Å²) < 4.78 is 0. The Labute approximate surface area is 90.9 Å². The second-order valence-corrected chi connectivity index (χ2v) is 4.10. The summed E-state index contributed by atoms with van der Waals surface area (Å²) >= 11 is 0. The van der Waals surface area contributed by atoms with Gasteiger partial charge in [-0.15, -0.1) is 6.58 Å². The third kappa shape index (κ3) is 1.80. The molecule has 0 amide bonds. The van der Waals surface area contributed by atoms with E-state index in [1.54, 1.807) is 0 Å². The summed E-state index contributed by atoms with van der Waals surface area (Å²) in [7, 11) is 2.06. The zero-order valence-electron chi connectivity index (χ0n) is 9.27. The van der Waals surface area contributed by atoms with Gasteiger partial charge in [-0.05, 0) is 25.5 Å². The van der Waals surface area contributed by atoms with Gasteiger partial charge in [0.05, 0.1) is 0 Å². The van der Waals surface area contributed by atoms with Crippen LogP contribution in [-0.2, 0) is 0 Å². The smallest absolute Gasteiger partial charge is 0.132 e. The molecule has 1 aliphatic rings. The third-order valence-corrected chi connectivity index (χ3v) is 2.79. The van der Waals surface area contributed by atoms with Gasteiger partial charge in [0.1, 0.15) is 11.4 Å². The van der Waals surface area contributed by atoms with Gasteiger partial charge >= 0.3 is 0 Å². The highest BCUT2D eigenvalue weighted by atomic mass is 15.3. The van der Waals surface area contributed by atoms with E-state index in [0.717, 1.165) is 12.3 Å². The van der Waals surface area contributed by atoms with E-state index in [-0.39, 0.29) is 5.54 Å². The number of amidine groups is 1. The number of nitrogens with zero attached hydrogens (tertiary/aromatic N) is 2. The molecule has 0 bridgehead atoms. The maximum atomic E-state index is 4.52. The number of likely N-dealkylation sites (N-methyl/N-ethyl adjacent to an activating group) is 1. The van der Waals surface area contributed by atoms with Crippen molar-refractivity contribution in [3.05, 3.63) is 43.0 Å². The van der Waals surface area contributed by atoms with Crippen molar-refractivity contribution in [1.82, 2.24) is 0 Å². The van der Waals surface area contributed by atoms with Crippen LogP contribution in [0, 0.1) is 0 Å². The standard InChI is InChI=1S/C13H16N2/c1-4-10-13(2)12(14-13)15(3)11-8-6-5-7-9-11/h4-9H,1,10H2,2-3H3. The number of para-hydroxylation sites is 1. The Balaban J connectivity index is 2.09. The first-order chi connectivity index (χ1) is 7.17. The van der Waals surface area contributed by atoms with Crippen molar-refractivity contribution >= 4 is 11.5 Å². The molecule has 0 spiro atoms. The molecule has 15 heavy (non-hydrogen) atoms. The van der Waals surface area contributed by atoms with E-state index >= 15 is 0 Å². The zero-order chi connectivity index (χ0) is 10.9. The molecule has 0 N–H and O–H groups in total. The van der Waals surface area contributed by atoms with Crippen LogP contribution >= 0.6 is 0 Å². The van der Waals surface area contributed by atoms with Crippen LogP contribution < -0.4 is 4.90 Å². The minimum atomic E-state index is -0.00760. The largest absolute Gasteiger partial charge is 0.331 e. The number of aliphatic imine (C=N–C) groups is 1. The second-order valence-electron chi connectivity index (χ2n) is 4.10. The quantitative estimate of drug-likeness (QED) is 0.685. The molecule has 0 radical (unpaired) electrons. The van der Waals surface area contributed by atoms with Crippen LogP contribution in [0.5, 0.6) is 0 Å². The zero-order valence-corrected chi connectivity index (χ0v) is 9.27. The number of hydrogen-bond donors (Lipinski definition) is 0.